The molecule has 10 heteroatoms. The summed E-state index contributed by atoms with van der Waals surface area (Å²) in [5.74, 6) is 0.331. The minimum Gasteiger partial charge on any atom is -0.402 e. The van der Waals surface area contributed by atoms with Crippen LogP contribution < -0.4 is 16.1 Å². The van der Waals surface area contributed by atoms with Crippen LogP contribution >= 0.6 is 0 Å². The van der Waals surface area contributed by atoms with Gasteiger partial charge in [0.05, 0.1) is 12.4 Å². The van der Waals surface area contributed by atoms with Crippen molar-refractivity contribution < 1.29 is 14.0 Å². The molecule has 0 unspecified atom stereocenters. The zero-order valence-electron chi connectivity index (χ0n) is 21.3. The Labute approximate surface area is 217 Å². The molecular formula is C27H32N6O3Si. The van der Waals surface area contributed by atoms with Gasteiger partial charge in [0.1, 0.15) is 30.8 Å². The van der Waals surface area contributed by atoms with Gasteiger partial charge in [-0.25, -0.2) is 15.0 Å². The average molecular weight is 517 g/mol. The minimum absolute atomic E-state index is 0.181. The smallest absolute Gasteiger partial charge is 0.261 e. The number of ether oxygens (including phenoxy) is 1. The normalized spacial score (nSPS) is 20.2. The van der Waals surface area contributed by atoms with Crippen LogP contribution in [0.3, 0.4) is 0 Å². The van der Waals surface area contributed by atoms with Gasteiger partial charge in [-0.05, 0) is 15.4 Å². The summed E-state index contributed by atoms with van der Waals surface area (Å²) < 4.78 is 15.8. The summed E-state index contributed by atoms with van der Waals surface area (Å²) in [4.78, 5) is 18.3. The molecule has 0 aliphatic carbocycles. The lowest BCUT2D eigenvalue weighted by molar-refractivity contribution is -0.0577. The number of rotatable bonds is 8. The molecule has 0 radical (unpaired) electrons. The van der Waals surface area contributed by atoms with Crippen molar-refractivity contribution in [2.45, 2.75) is 50.7 Å². The van der Waals surface area contributed by atoms with Crippen molar-refractivity contribution in [2.24, 2.45) is 5.16 Å². The van der Waals surface area contributed by atoms with Crippen molar-refractivity contribution in [1.82, 2.24) is 19.5 Å². The fourth-order valence-corrected chi connectivity index (χ4v) is 9.99. The summed E-state index contributed by atoms with van der Waals surface area (Å²) >= 11 is 0. The maximum Gasteiger partial charge on any atom is 0.261 e. The molecule has 3 heterocycles. The van der Waals surface area contributed by atoms with E-state index in [0.29, 0.717) is 23.4 Å². The van der Waals surface area contributed by atoms with Crippen LogP contribution in [0.5, 0.6) is 0 Å². The third kappa shape index (κ3) is 4.52. The summed E-state index contributed by atoms with van der Waals surface area (Å²) in [5.41, 5.74) is 7.18. The second-order valence-corrected chi connectivity index (χ2v) is 14.4. The first-order chi connectivity index (χ1) is 17.8. The highest BCUT2D eigenvalue weighted by Gasteiger charge is 2.54. The zero-order valence-corrected chi connectivity index (χ0v) is 22.3. The first-order valence-electron chi connectivity index (χ1n) is 12.3. The van der Waals surface area contributed by atoms with Gasteiger partial charge in [-0.15, -0.1) is 5.16 Å². The molecule has 192 valence electrons. The van der Waals surface area contributed by atoms with E-state index in [0.717, 1.165) is 0 Å². The van der Waals surface area contributed by atoms with Crippen molar-refractivity contribution in [3.63, 3.8) is 0 Å². The standard InChI is InChI=1S/C27H32N6O3Si/c1-27(2,3)37(19-11-7-5-8-12-19,20-13-9-6-10-14-20)36-21-15-23(35-22(21)16-34-29-4)33-18-32-24-25(28)30-17-31-26(24)33/h5-14,17-18,21-23H,4,15-16H2,1-3H3,(H2,28,30,31)/t21-,22+,23+/m0/s1. The van der Waals surface area contributed by atoms with Crippen LogP contribution in [0.4, 0.5) is 5.82 Å². The number of nitrogens with zero attached hydrogens (tertiary/aromatic N) is 5. The predicted molar refractivity (Wildman–Crippen MR) is 146 cm³/mol. The van der Waals surface area contributed by atoms with Gasteiger partial charge in [-0.1, -0.05) is 81.4 Å². The molecule has 2 aromatic carbocycles. The van der Waals surface area contributed by atoms with E-state index in [9.17, 15) is 0 Å². The summed E-state index contributed by atoms with van der Waals surface area (Å²) in [5, 5.41) is 5.84. The van der Waals surface area contributed by atoms with E-state index >= 15 is 0 Å². The zero-order chi connectivity index (χ0) is 26.0. The number of aromatic nitrogens is 4. The Kier molecular flexibility index (Phi) is 6.80. The van der Waals surface area contributed by atoms with Crippen LogP contribution in [-0.2, 0) is 14.0 Å². The van der Waals surface area contributed by atoms with Crippen LogP contribution in [0.2, 0.25) is 5.04 Å². The number of imidazole rings is 1. The predicted octanol–water partition coefficient (Wildman–Crippen LogP) is 3.27. The van der Waals surface area contributed by atoms with E-state index in [1.54, 1.807) is 6.33 Å². The van der Waals surface area contributed by atoms with Crippen LogP contribution in [-0.4, -0.2) is 53.4 Å². The van der Waals surface area contributed by atoms with E-state index in [4.69, 9.17) is 19.7 Å². The Morgan fingerprint density at radius 2 is 1.70 bits per heavy atom. The third-order valence-electron chi connectivity index (χ3n) is 6.95. The first kappa shape index (κ1) is 25.1. The fraction of sp³-hybridized carbons (Fsp3) is 0.333. The molecule has 2 aromatic heterocycles. The maximum absolute atomic E-state index is 7.39. The number of nitrogens with two attached hydrogens (primary N) is 1. The lowest BCUT2D eigenvalue weighted by Crippen LogP contribution is -2.68. The van der Waals surface area contributed by atoms with E-state index in [1.165, 1.54) is 16.7 Å². The molecule has 1 aliphatic heterocycles. The summed E-state index contributed by atoms with van der Waals surface area (Å²) in [6.07, 6.45) is 2.66. The molecule has 5 rings (SSSR count). The van der Waals surface area contributed by atoms with Crippen molar-refractivity contribution in [2.75, 3.05) is 12.3 Å². The first-order valence-corrected chi connectivity index (χ1v) is 14.2. The Morgan fingerprint density at radius 3 is 2.30 bits per heavy atom. The fourth-order valence-electron chi connectivity index (χ4n) is 5.27. The summed E-state index contributed by atoms with van der Waals surface area (Å²) in [6.45, 7) is 10.5. The molecule has 0 amide bonds. The quantitative estimate of drug-likeness (QED) is 0.217. The Bertz CT molecular complexity index is 1320. The Balaban J connectivity index is 1.58. The van der Waals surface area contributed by atoms with Gasteiger partial charge >= 0.3 is 0 Å². The van der Waals surface area contributed by atoms with Gasteiger partial charge in [-0.2, -0.15) is 0 Å². The summed E-state index contributed by atoms with van der Waals surface area (Å²) in [7, 11) is -2.82. The Morgan fingerprint density at radius 1 is 1.05 bits per heavy atom. The van der Waals surface area contributed by atoms with Crippen molar-refractivity contribution in [1.29, 1.82) is 0 Å². The lowest BCUT2D eigenvalue weighted by Gasteiger charge is -2.45. The molecular weight excluding hydrogens is 484 g/mol. The van der Waals surface area contributed by atoms with Gasteiger partial charge < -0.3 is 19.7 Å². The van der Waals surface area contributed by atoms with E-state index in [2.05, 4.69) is 96.1 Å². The van der Waals surface area contributed by atoms with E-state index in [1.807, 2.05) is 16.7 Å². The van der Waals surface area contributed by atoms with E-state index in [-0.39, 0.29) is 30.1 Å². The molecule has 2 N–H and O–H groups in total. The van der Waals surface area contributed by atoms with Crippen molar-refractivity contribution >= 4 is 42.4 Å². The topological polar surface area (TPSA) is 110 Å². The molecule has 0 saturated carbocycles. The van der Waals surface area contributed by atoms with Gasteiger partial charge in [0.2, 0.25) is 0 Å². The number of anilines is 1. The van der Waals surface area contributed by atoms with Crippen LogP contribution in [0.1, 0.15) is 33.4 Å². The second kappa shape index (κ2) is 10.0. The molecule has 1 aliphatic rings. The molecule has 0 bridgehead atoms. The molecule has 1 fully saturated rings. The third-order valence-corrected chi connectivity index (χ3v) is 12.0. The molecule has 9 nitrogen and oxygen atoms in total. The highest BCUT2D eigenvalue weighted by Crippen LogP contribution is 2.41. The number of oxime groups is 1. The van der Waals surface area contributed by atoms with Crippen LogP contribution in [0.15, 0.2) is 78.5 Å². The van der Waals surface area contributed by atoms with E-state index < -0.39 is 8.32 Å². The Hall–Kier alpha value is -3.60. The van der Waals surface area contributed by atoms with Gasteiger partial charge in [0, 0.05) is 13.1 Å². The van der Waals surface area contributed by atoms with Crippen molar-refractivity contribution in [3.05, 3.63) is 73.3 Å². The minimum atomic E-state index is -2.82. The SMILES string of the molecule is C=NOC[C@H]1O[C@@H](n2cnc3c(N)ncnc32)C[C@@H]1O[Si](c1ccccc1)(c1ccccc1)C(C)(C)C. The highest BCUT2D eigenvalue weighted by atomic mass is 28.4. The monoisotopic (exact) mass is 516 g/mol. The highest BCUT2D eigenvalue weighted by molar-refractivity contribution is 6.99. The van der Waals surface area contributed by atoms with Gasteiger partial charge in [-0.3, -0.25) is 4.57 Å². The van der Waals surface area contributed by atoms with Crippen LogP contribution in [0.25, 0.3) is 11.2 Å². The largest absolute Gasteiger partial charge is 0.402 e. The number of nitrogen functional groups attached to an aromatic ring is 1. The second-order valence-electron chi connectivity index (χ2n) is 10.2. The molecule has 0 spiro atoms. The molecule has 1 saturated heterocycles. The van der Waals surface area contributed by atoms with Crippen LogP contribution in [0, 0.1) is 0 Å². The van der Waals surface area contributed by atoms with Crippen molar-refractivity contribution in [3.8, 4) is 0 Å². The average Bonchev–Trinajstić information content (AvgIpc) is 3.51. The maximum atomic E-state index is 7.39. The molecule has 3 atom stereocenters. The van der Waals surface area contributed by atoms with Gasteiger partial charge in [0.25, 0.3) is 8.32 Å². The molecule has 4 aromatic rings. The number of fused-ring (bicyclic) bond motifs is 1. The summed E-state index contributed by atoms with van der Waals surface area (Å²) in [6, 6.07) is 21.1. The molecule has 37 heavy (non-hydrogen) atoms. The number of hydrogen-bond donors (Lipinski definition) is 1. The lowest BCUT2D eigenvalue weighted by atomic mass is 10.2. The number of hydrogen-bond acceptors (Lipinski definition) is 8. The number of benzene rings is 2. The van der Waals surface area contributed by atoms with Gasteiger partial charge in [0.15, 0.2) is 11.5 Å².